The largest absolute Gasteiger partial charge is 0.338 e. The third-order valence-electron chi connectivity index (χ3n) is 5.76. The fourth-order valence-corrected chi connectivity index (χ4v) is 4.44. The zero-order chi connectivity index (χ0) is 16.1. The summed E-state index contributed by atoms with van der Waals surface area (Å²) < 4.78 is 0. The molecule has 1 heterocycles. The number of isocyanates is 1. The Labute approximate surface area is 138 Å². The highest BCUT2D eigenvalue weighted by atomic mass is 16.2. The molecule has 1 saturated heterocycles. The molecule has 23 heavy (non-hydrogen) atoms. The van der Waals surface area contributed by atoms with E-state index in [0.29, 0.717) is 30.2 Å². The van der Waals surface area contributed by atoms with Crippen LogP contribution in [0.25, 0.3) is 0 Å². The number of carbonyl (C=O) groups excluding carboxylic acids is 2. The van der Waals surface area contributed by atoms with Gasteiger partial charge in [0, 0.05) is 19.6 Å². The summed E-state index contributed by atoms with van der Waals surface area (Å²) in [5, 5.41) is 3.14. The Morgan fingerprint density at radius 1 is 1.17 bits per heavy atom. The van der Waals surface area contributed by atoms with Gasteiger partial charge in [-0.05, 0) is 55.8 Å². The van der Waals surface area contributed by atoms with E-state index >= 15 is 0 Å². The van der Waals surface area contributed by atoms with Crippen molar-refractivity contribution in [3.8, 4) is 0 Å². The van der Waals surface area contributed by atoms with Crippen molar-refractivity contribution in [3.63, 3.8) is 0 Å². The van der Waals surface area contributed by atoms with Crippen LogP contribution in [0.5, 0.6) is 0 Å². The number of allylic oxidation sites excluding steroid dienone is 2. The fourth-order valence-electron chi connectivity index (χ4n) is 4.44. The molecule has 0 aromatic heterocycles. The molecular formula is C18H27N3O2. The maximum atomic E-state index is 12.4. The fraction of sp³-hybridized carbons (Fsp3) is 0.778. The summed E-state index contributed by atoms with van der Waals surface area (Å²) in [4.78, 5) is 28.4. The Morgan fingerprint density at radius 3 is 2.57 bits per heavy atom. The van der Waals surface area contributed by atoms with Crippen molar-refractivity contribution >= 4 is 12.1 Å². The van der Waals surface area contributed by atoms with Gasteiger partial charge in [0.15, 0.2) is 0 Å². The van der Waals surface area contributed by atoms with E-state index in [1.54, 1.807) is 6.08 Å². The van der Waals surface area contributed by atoms with Crippen LogP contribution in [0.4, 0.5) is 4.79 Å². The van der Waals surface area contributed by atoms with Crippen LogP contribution in [0.1, 0.15) is 38.5 Å². The first-order chi connectivity index (χ1) is 11.3. The van der Waals surface area contributed by atoms with Crippen LogP contribution in [0.15, 0.2) is 17.1 Å². The van der Waals surface area contributed by atoms with Gasteiger partial charge in [0.25, 0.3) is 0 Å². The van der Waals surface area contributed by atoms with Crippen LogP contribution in [-0.4, -0.2) is 43.2 Å². The monoisotopic (exact) mass is 317 g/mol. The number of carbonyl (C=O) groups is 1. The van der Waals surface area contributed by atoms with Gasteiger partial charge in [-0.25, -0.2) is 14.6 Å². The van der Waals surface area contributed by atoms with E-state index in [1.165, 1.54) is 6.42 Å². The van der Waals surface area contributed by atoms with Crippen molar-refractivity contribution < 1.29 is 9.59 Å². The Balaban J connectivity index is 1.41. The molecule has 1 aliphatic heterocycles. The van der Waals surface area contributed by atoms with Gasteiger partial charge in [0.1, 0.15) is 0 Å². The van der Waals surface area contributed by atoms with Crippen LogP contribution in [0, 0.1) is 23.7 Å². The predicted octanol–water partition coefficient (Wildman–Crippen LogP) is 2.74. The Kier molecular flexibility index (Phi) is 5.50. The molecule has 2 aliphatic carbocycles. The molecule has 0 spiro atoms. The number of hydrogen-bond donors (Lipinski definition) is 1. The number of nitrogens with zero attached hydrogens (tertiary/aromatic N) is 2. The van der Waals surface area contributed by atoms with E-state index in [9.17, 15) is 9.59 Å². The summed E-state index contributed by atoms with van der Waals surface area (Å²) in [6.45, 7) is 3.16. The lowest BCUT2D eigenvalue weighted by molar-refractivity contribution is 0.199. The maximum absolute atomic E-state index is 12.4. The van der Waals surface area contributed by atoms with Gasteiger partial charge in [-0.3, -0.25) is 0 Å². The minimum absolute atomic E-state index is 0.104. The summed E-state index contributed by atoms with van der Waals surface area (Å²) in [5.74, 6) is 2.32. The van der Waals surface area contributed by atoms with Crippen LogP contribution in [-0.2, 0) is 4.79 Å². The molecule has 0 bridgehead atoms. The number of urea groups is 1. The molecule has 126 valence electrons. The minimum Gasteiger partial charge on any atom is -0.338 e. The number of aliphatic imine (C=N–C) groups is 1. The molecule has 0 aromatic carbocycles. The van der Waals surface area contributed by atoms with E-state index < -0.39 is 0 Å². The third kappa shape index (κ3) is 4.23. The average molecular weight is 317 g/mol. The van der Waals surface area contributed by atoms with Gasteiger partial charge < -0.3 is 10.2 Å². The summed E-state index contributed by atoms with van der Waals surface area (Å²) >= 11 is 0. The lowest BCUT2D eigenvalue weighted by Crippen LogP contribution is -2.41. The second-order valence-corrected chi connectivity index (χ2v) is 7.38. The van der Waals surface area contributed by atoms with E-state index in [0.717, 1.165) is 51.7 Å². The first-order valence-corrected chi connectivity index (χ1v) is 8.97. The van der Waals surface area contributed by atoms with Crippen molar-refractivity contribution in [3.05, 3.63) is 12.2 Å². The SMILES string of the molecule is O=C=NCC1CCCC(CNC(=O)N2CC3CC=CCC3C2)C1. The smallest absolute Gasteiger partial charge is 0.317 e. The van der Waals surface area contributed by atoms with Gasteiger partial charge in [-0.15, -0.1) is 0 Å². The number of fused-ring (bicyclic) bond motifs is 1. The predicted molar refractivity (Wildman–Crippen MR) is 88.8 cm³/mol. The number of nitrogens with one attached hydrogen (secondary N) is 1. The molecule has 0 aromatic rings. The molecule has 2 amide bonds. The zero-order valence-corrected chi connectivity index (χ0v) is 13.7. The molecule has 5 nitrogen and oxygen atoms in total. The first kappa shape index (κ1) is 16.3. The molecular weight excluding hydrogens is 290 g/mol. The Morgan fingerprint density at radius 2 is 1.87 bits per heavy atom. The molecule has 1 saturated carbocycles. The molecule has 0 radical (unpaired) electrons. The second-order valence-electron chi connectivity index (χ2n) is 7.38. The molecule has 4 atom stereocenters. The molecule has 1 N–H and O–H groups in total. The van der Waals surface area contributed by atoms with Crippen molar-refractivity contribution in [1.82, 2.24) is 10.2 Å². The normalized spacial score (nSPS) is 33.0. The summed E-state index contributed by atoms with van der Waals surface area (Å²) in [6.07, 6.45) is 12.9. The van der Waals surface area contributed by atoms with Crippen LogP contribution in [0.3, 0.4) is 0 Å². The first-order valence-electron chi connectivity index (χ1n) is 8.97. The van der Waals surface area contributed by atoms with Gasteiger partial charge >= 0.3 is 6.03 Å². The summed E-state index contributed by atoms with van der Waals surface area (Å²) in [6, 6.07) is 0.104. The second kappa shape index (κ2) is 7.78. The van der Waals surface area contributed by atoms with E-state index in [-0.39, 0.29) is 6.03 Å². The van der Waals surface area contributed by atoms with Gasteiger partial charge in [0.05, 0.1) is 6.54 Å². The Bertz CT molecular complexity index is 482. The van der Waals surface area contributed by atoms with Crippen molar-refractivity contribution in [2.24, 2.45) is 28.7 Å². The van der Waals surface area contributed by atoms with E-state index in [4.69, 9.17) is 0 Å². The lowest BCUT2D eigenvalue weighted by Gasteiger charge is -2.28. The highest BCUT2D eigenvalue weighted by Crippen LogP contribution is 2.33. The highest BCUT2D eigenvalue weighted by Gasteiger charge is 2.35. The average Bonchev–Trinajstić information content (AvgIpc) is 3.02. The third-order valence-corrected chi connectivity index (χ3v) is 5.76. The molecule has 3 rings (SSSR count). The van der Waals surface area contributed by atoms with Crippen molar-refractivity contribution in [2.45, 2.75) is 38.5 Å². The van der Waals surface area contributed by atoms with Crippen molar-refractivity contribution in [2.75, 3.05) is 26.2 Å². The summed E-state index contributed by atoms with van der Waals surface area (Å²) in [5.41, 5.74) is 0. The van der Waals surface area contributed by atoms with Gasteiger partial charge in [-0.1, -0.05) is 18.6 Å². The van der Waals surface area contributed by atoms with E-state index in [1.807, 2.05) is 4.90 Å². The topological polar surface area (TPSA) is 61.8 Å². The summed E-state index contributed by atoms with van der Waals surface area (Å²) in [7, 11) is 0. The Hall–Kier alpha value is -1.61. The quantitative estimate of drug-likeness (QED) is 0.492. The number of rotatable bonds is 4. The van der Waals surface area contributed by atoms with E-state index in [2.05, 4.69) is 22.5 Å². The number of amides is 2. The standard InChI is InChI=1S/C18H27N3O2/c22-13-19-9-14-4-3-5-15(8-14)10-20-18(23)21-11-16-6-1-2-7-17(16)12-21/h1-2,14-17H,3-12H2,(H,20,23). The number of likely N-dealkylation sites (tertiary alicyclic amines) is 1. The van der Waals surface area contributed by atoms with Crippen LogP contribution in [0.2, 0.25) is 0 Å². The lowest BCUT2D eigenvalue weighted by atomic mass is 9.81. The molecule has 5 heteroatoms. The highest BCUT2D eigenvalue weighted by molar-refractivity contribution is 5.74. The molecule has 4 unspecified atom stereocenters. The van der Waals surface area contributed by atoms with Crippen LogP contribution < -0.4 is 5.32 Å². The van der Waals surface area contributed by atoms with Crippen molar-refractivity contribution in [1.29, 1.82) is 0 Å². The van der Waals surface area contributed by atoms with Gasteiger partial charge in [-0.2, -0.15) is 0 Å². The molecule has 2 fully saturated rings. The number of hydrogen-bond acceptors (Lipinski definition) is 3. The zero-order valence-electron chi connectivity index (χ0n) is 13.7. The van der Waals surface area contributed by atoms with Gasteiger partial charge in [0.2, 0.25) is 6.08 Å². The minimum atomic E-state index is 0.104. The van der Waals surface area contributed by atoms with Crippen LogP contribution >= 0.6 is 0 Å². The molecule has 3 aliphatic rings. The maximum Gasteiger partial charge on any atom is 0.317 e.